The normalized spacial score (nSPS) is 19.4. The summed E-state index contributed by atoms with van der Waals surface area (Å²) in [5, 5.41) is 3.34. The molecule has 0 aromatic carbocycles. The molecule has 0 spiro atoms. The van der Waals surface area contributed by atoms with Crippen molar-refractivity contribution in [1.82, 2.24) is 10.2 Å². The number of ether oxygens (including phenoxy) is 1. The summed E-state index contributed by atoms with van der Waals surface area (Å²) < 4.78 is 10.2. The van der Waals surface area contributed by atoms with Crippen LogP contribution in [0.3, 0.4) is 0 Å². The van der Waals surface area contributed by atoms with Gasteiger partial charge in [-0.15, -0.1) is 0 Å². The maximum Gasteiger partial charge on any atom is 0.374 e. The summed E-state index contributed by atoms with van der Waals surface area (Å²) >= 11 is 0. The van der Waals surface area contributed by atoms with E-state index in [9.17, 15) is 4.79 Å². The van der Waals surface area contributed by atoms with Crippen LogP contribution in [0.2, 0.25) is 0 Å². The fourth-order valence-electron chi connectivity index (χ4n) is 2.31. The van der Waals surface area contributed by atoms with E-state index >= 15 is 0 Å². The molecule has 1 N–H and O–H groups in total. The van der Waals surface area contributed by atoms with E-state index in [1.807, 2.05) is 13.0 Å². The van der Waals surface area contributed by atoms with E-state index in [4.69, 9.17) is 4.42 Å². The Balaban J connectivity index is 2.03. The Bertz CT molecular complexity index is 422. The van der Waals surface area contributed by atoms with Crippen molar-refractivity contribution in [2.75, 3.05) is 27.2 Å². The lowest BCUT2D eigenvalue weighted by molar-refractivity contribution is 0.0560. The molecular formula is C13H20N2O3. The van der Waals surface area contributed by atoms with E-state index in [2.05, 4.69) is 22.0 Å². The second kappa shape index (κ2) is 5.54. The minimum Gasteiger partial charge on any atom is -0.463 e. The van der Waals surface area contributed by atoms with Crippen molar-refractivity contribution >= 4 is 5.97 Å². The number of carbonyl (C=O) groups is 1. The Hall–Kier alpha value is -1.33. The zero-order valence-corrected chi connectivity index (χ0v) is 11.2. The second-order valence-corrected chi connectivity index (χ2v) is 4.78. The highest BCUT2D eigenvalue weighted by Crippen LogP contribution is 2.18. The molecule has 1 atom stereocenters. The molecule has 0 bridgehead atoms. The Labute approximate surface area is 107 Å². The van der Waals surface area contributed by atoms with Crippen LogP contribution in [0.4, 0.5) is 0 Å². The molecular weight excluding hydrogens is 232 g/mol. The van der Waals surface area contributed by atoms with Crippen LogP contribution in [-0.4, -0.2) is 44.2 Å². The molecule has 1 saturated heterocycles. The van der Waals surface area contributed by atoms with E-state index in [0.717, 1.165) is 30.8 Å². The van der Waals surface area contributed by atoms with E-state index in [-0.39, 0.29) is 0 Å². The lowest BCUT2D eigenvalue weighted by atomic mass is 10.2. The van der Waals surface area contributed by atoms with Crippen LogP contribution in [0.15, 0.2) is 10.5 Å². The van der Waals surface area contributed by atoms with Gasteiger partial charge < -0.3 is 14.5 Å². The number of nitrogens with zero attached hydrogens (tertiary/aromatic N) is 1. The van der Waals surface area contributed by atoms with Crippen molar-refractivity contribution in [3.8, 4) is 0 Å². The van der Waals surface area contributed by atoms with Crippen LogP contribution in [-0.2, 0) is 11.3 Å². The number of carbonyl (C=O) groups excluding carboxylic acids is 1. The second-order valence-electron chi connectivity index (χ2n) is 4.78. The summed E-state index contributed by atoms with van der Waals surface area (Å²) in [6.07, 6.45) is 1.15. The third-order valence-corrected chi connectivity index (χ3v) is 3.40. The number of rotatable bonds is 4. The largest absolute Gasteiger partial charge is 0.463 e. The van der Waals surface area contributed by atoms with Gasteiger partial charge in [0.25, 0.3) is 0 Å². The smallest absolute Gasteiger partial charge is 0.374 e. The number of nitrogens with one attached hydrogen (secondary N) is 1. The molecule has 0 radical (unpaired) electrons. The molecule has 1 aromatic heterocycles. The highest BCUT2D eigenvalue weighted by atomic mass is 16.5. The van der Waals surface area contributed by atoms with Gasteiger partial charge >= 0.3 is 5.97 Å². The van der Waals surface area contributed by atoms with Crippen molar-refractivity contribution in [2.24, 2.45) is 0 Å². The van der Waals surface area contributed by atoms with Crippen molar-refractivity contribution < 1.29 is 13.9 Å². The molecule has 1 unspecified atom stereocenters. The van der Waals surface area contributed by atoms with Crippen LogP contribution in [0.25, 0.3) is 0 Å². The first-order chi connectivity index (χ1) is 8.61. The van der Waals surface area contributed by atoms with Crippen LogP contribution in [0.1, 0.15) is 28.3 Å². The summed E-state index contributed by atoms with van der Waals surface area (Å²) in [6, 6.07) is 2.45. The minimum absolute atomic E-state index is 0.311. The Morgan fingerprint density at radius 1 is 1.67 bits per heavy atom. The molecule has 0 amide bonds. The zero-order valence-electron chi connectivity index (χ0n) is 11.2. The van der Waals surface area contributed by atoms with E-state index in [1.165, 1.54) is 7.11 Å². The summed E-state index contributed by atoms with van der Waals surface area (Å²) in [5.41, 5.74) is 0.829. The molecule has 2 heterocycles. The molecule has 1 aliphatic heterocycles. The van der Waals surface area contributed by atoms with Gasteiger partial charge in [0.05, 0.1) is 13.7 Å². The molecule has 0 saturated carbocycles. The molecule has 1 aromatic rings. The number of methoxy groups -OCH3 is 1. The molecule has 1 fully saturated rings. The van der Waals surface area contributed by atoms with E-state index in [0.29, 0.717) is 18.3 Å². The van der Waals surface area contributed by atoms with Crippen LogP contribution in [0, 0.1) is 6.92 Å². The number of hydrogen-bond donors (Lipinski definition) is 1. The Morgan fingerprint density at radius 3 is 3.06 bits per heavy atom. The number of aryl methyl sites for hydroxylation is 1. The molecule has 2 rings (SSSR count). The molecule has 5 heteroatoms. The highest BCUT2D eigenvalue weighted by molar-refractivity contribution is 5.87. The first-order valence-electron chi connectivity index (χ1n) is 6.20. The summed E-state index contributed by atoms with van der Waals surface area (Å²) in [4.78, 5) is 13.7. The fraction of sp³-hybridized carbons (Fsp3) is 0.615. The van der Waals surface area contributed by atoms with Gasteiger partial charge in [-0.05, 0) is 33.0 Å². The molecule has 100 valence electrons. The van der Waals surface area contributed by atoms with Crippen molar-refractivity contribution in [3.05, 3.63) is 23.2 Å². The van der Waals surface area contributed by atoms with Gasteiger partial charge in [-0.2, -0.15) is 0 Å². The highest BCUT2D eigenvalue weighted by Gasteiger charge is 2.22. The number of hydrogen-bond acceptors (Lipinski definition) is 5. The fourth-order valence-corrected chi connectivity index (χ4v) is 2.31. The number of furan rings is 1. The average molecular weight is 252 g/mol. The lowest BCUT2D eigenvalue weighted by Crippen LogP contribution is -2.32. The number of likely N-dealkylation sites (N-methyl/N-ethyl adjacent to an activating group) is 1. The van der Waals surface area contributed by atoms with Gasteiger partial charge in [0.2, 0.25) is 5.76 Å². The summed E-state index contributed by atoms with van der Waals surface area (Å²) in [6.45, 7) is 4.65. The SMILES string of the molecule is COC(=O)c1oc(CN(C)C2CCNC2)cc1C. The van der Waals surface area contributed by atoms with Gasteiger partial charge in [-0.1, -0.05) is 0 Å². The molecule has 1 aliphatic rings. The van der Waals surface area contributed by atoms with Gasteiger partial charge in [0.1, 0.15) is 5.76 Å². The van der Waals surface area contributed by atoms with Gasteiger partial charge in [0.15, 0.2) is 0 Å². The Kier molecular flexibility index (Phi) is 4.04. The number of esters is 1. The van der Waals surface area contributed by atoms with E-state index < -0.39 is 5.97 Å². The molecule has 0 aliphatic carbocycles. The minimum atomic E-state index is -0.413. The predicted molar refractivity (Wildman–Crippen MR) is 67.5 cm³/mol. The predicted octanol–water partition coefficient (Wildman–Crippen LogP) is 1.17. The quantitative estimate of drug-likeness (QED) is 0.815. The van der Waals surface area contributed by atoms with Crippen LogP contribution >= 0.6 is 0 Å². The van der Waals surface area contributed by atoms with Gasteiger partial charge in [0, 0.05) is 18.2 Å². The van der Waals surface area contributed by atoms with Crippen LogP contribution < -0.4 is 5.32 Å². The monoisotopic (exact) mass is 252 g/mol. The maximum absolute atomic E-state index is 11.5. The third kappa shape index (κ3) is 2.73. The lowest BCUT2D eigenvalue weighted by Gasteiger charge is -2.21. The van der Waals surface area contributed by atoms with Crippen molar-refractivity contribution in [1.29, 1.82) is 0 Å². The zero-order chi connectivity index (χ0) is 13.1. The topological polar surface area (TPSA) is 54.7 Å². The molecule has 18 heavy (non-hydrogen) atoms. The standard InChI is InChI=1S/C13H20N2O3/c1-9-6-11(18-12(9)13(16)17-3)8-15(2)10-4-5-14-7-10/h6,10,14H,4-5,7-8H2,1-3H3. The average Bonchev–Trinajstić information content (AvgIpc) is 2.97. The van der Waals surface area contributed by atoms with E-state index in [1.54, 1.807) is 0 Å². The third-order valence-electron chi connectivity index (χ3n) is 3.40. The van der Waals surface area contributed by atoms with Crippen molar-refractivity contribution in [2.45, 2.75) is 25.9 Å². The first kappa shape index (κ1) is 13.1. The first-order valence-corrected chi connectivity index (χ1v) is 6.20. The summed E-state index contributed by atoms with van der Waals surface area (Å²) in [7, 11) is 3.44. The van der Waals surface area contributed by atoms with Gasteiger partial charge in [-0.25, -0.2) is 4.79 Å². The van der Waals surface area contributed by atoms with Crippen LogP contribution in [0.5, 0.6) is 0 Å². The Morgan fingerprint density at radius 2 is 2.44 bits per heavy atom. The van der Waals surface area contributed by atoms with Crippen molar-refractivity contribution in [3.63, 3.8) is 0 Å². The van der Waals surface area contributed by atoms with Gasteiger partial charge in [-0.3, -0.25) is 4.90 Å². The maximum atomic E-state index is 11.5. The summed E-state index contributed by atoms with van der Waals surface area (Å²) in [5.74, 6) is 0.705. The molecule has 5 nitrogen and oxygen atoms in total.